The van der Waals surface area contributed by atoms with Gasteiger partial charge in [-0.15, -0.1) is 23.2 Å². The molecule has 0 radical (unpaired) electrons. The fraction of sp³-hybridized carbons (Fsp3) is 0.917. The quantitative estimate of drug-likeness (QED) is 0.469. The lowest BCUT2D eigenvalue weighted by Crippen LogP contribution is -2.62. The van der Waals surface area contributed by atoms with E-state index in [4.69, 9.17) is 37.4 Å². The van der Waals surface area contributed by atoms with Crippen molar-refractivity contribution >= 4 is 34.8 Å². The summed E-state index contributed by atoms with van der Waals surface area (Å²) in [4.78, 5) is 28.4. The molecule has 0 aromatic heterocycles. The van der Waals surface area contributed by atoms with Gasteiger partial charge in [-0.3, -0.25) is 15.0 Å². The zero-order chi connectivity index (χ0) is 23.7. The number of fused-ring (bicyclic) bond motifs is 2. The number of ketones is 2. The fourth-order valence-electron chi connectivity index (χ4n) is 7.62. The summed E-state index contributed by atoms with van der Waals surface area (Å²) in [5, 5.41) is 1.83. The van der Waals surface area contributed by atoms with Crippen LogP contribution in [0.5, 0.6) is 0 Å². The van der Waals surface area contributed by atoms with E-state index in [-0.39, 0.29) is 53.1 Å². The van der Waals surface area contributed by atoms with Crippen molar-refractivity contribution in [3.05, 3.63) is 0 Å². The van der Waals surface area contributed by atoms with E-state index in [1.54, 1.807) is 14.2 Å². The fourth-order valence-corrected chi connectivity index (χ4v) is 8.29. The number of hydrogen-bond donors (Lipinski definition) is 1. The maximum Gasteiger partial charge on any atom is 0.188 e. The molecule has 1 spiro atoms. The van der Waals surface area contributed by atoms with E-state index in [2.05, 4.69) is 10.4 Å². The molecular formula is C24H36Cl2N2O5. The molecule has 2 heterocycles. The minimum atomic E-state index is -1.46. The van der Waals surface area contributed by atoms with Crippen molar-refractivity contribution in [3.8, 4) is 0 Å². The van der Waals surface area contributed by atoms with Gasteiger partial charge in [0.15, 0.2) is 17.2 Å². The van der Waals surface area contributed by atoms with Crippen LogP contribution in [0, 0.1) is 23.7 Å². The molecule has 8 unspecified atom stereocenters. The molecule has 5 fully saturated rings. The molecule has 1 N–H and O–H groups in total. The molecule has 0 aromatic carbocycles. The largest absolute Gasteiger partial charge is 0.380 e. The number of hydrazine groups is 1. The third kappa shape index (κ3) is 3.56. The Hall–Kier alpha value is -0.280. The number of hydrogen-bond acceptors (Lipinski definition) is 7. The molecule has 0 bridgehead atoms. The lowest BCUT2D eigenvalue weighted by Gasteiger charge is -2.44. The van der Waals surface area contributed by atoms with Gasteiger partial charge in [-0.2, -0.15) is 0 Å². The molecule has 3 aliphatic carbocycles. The number of nitrogens with zero attached hydrogens (tertiary/aromatic N) is 1. The first-order chi connectivity index (χ1) is 15.7. The number of ether oxygens (including phenoxy) is 3. The highest BCUT2D eigenvalue weighted by Crippen LogP contribution is 2.53. The van der Waals surface area contributed by atoms with Gasteiger partial charge in [0.05, 0.1) is 35.5 Å². The molecule has 33 heavy (non-hydrogen) atoms. The van der Waals surface area contributed by atoms with Crippen molar-refractivity contribution in [2.45, 2.75) is 92.2 Å². The summed E-state index contributed by atoms with van der Waals surface area (Å²) in [7, 11) is 5.23. The zero-order valence-electron chi connectivity index (χ0n) is 19.8. The molecule has 2 saturated heterocycles. The third-order valence-corrected chi connectivity index (χ3v) is 10.2. The summed E-state index contributed by atoms with van der Waals surface area (Å²) in [5.74, 6) is -0.943. The van der Waals surface area contributed by atoms with Gasteiger partial charge in [0.1, 0.15) is 0 Å². The van der Waals surface area contributed by atoms with Gasteiger partial charge in [-0.05, 0) is 38.0 Å². The Bertz CT molecular complexity index is 793. The standard InChI is InChI=1S/C24H36Cl2N2O5/c1-11-9-14-17(20(28(2)27-14)12-5-7-13(25)8-6-12)22(29)24(11)23(30)18-15(31-3)10-16(32-4)19(26)21(18)33-24/h11-21,27H,5-10H2,1-4H3/t11-,12?,13?,14?,15?,16?,17?,18?,19?,20?,21?,24+/m1/s1. The minimum Gasteiger partial charge on any atom is -0.380 e. The highest BCUT2D eigenvalue weighted by Gasteiger charge is 2.71. The van der Waals surface area contributed by atoms with Gasteiger partial charge in [0, 0.05) is 51.1 Å². The second-order valence-corrected chi connectivity index (χ2v) is 11.9. The number of Topliss-reactive ketones (excluding diaryl/α,β-unsaturated/α-hetero) is 2. The van der Waals surface area contributed by atoms with Crippen LogP contribution in [-0.4, -0.2) is 84.6 Å². The van der Waals surface area contributed by atoms with E-state index < -0.39 is 23.0 Å². The number of nitrogens with one attached hydrogen (secondary N) is 1. The Morgan fingerprint density at radius 3 is 2.27 bits per heavy atom. The Morgan fingerprint density at radius 1 is 1.00 bits per heavy atom. The predicted molar refractivity (Wildman–Crippen MR) is 124 cm³/mol. The van der Waals surface area contributed by atoms with E-state index in [0.29, 0.717) is 18.8 Å². The first-order valence-corrected chi connectivity index (χ1v) is 13.2. The molecule has 0 amide bonds. The number of carbonyl (C=O) groups is 2. The molecule has 9 heteroatoms. The summed E-state index contributed by atoms with van der Waals surface area (Å²) >= 11 is 13.1. The van der Waals surface area contributed by atoms with Gasteiger partial charge in [0.25, 0.3) is 0 Å². The first-order valence-electron chi connectivity index (χ1n) is 12.3. The van der Waals surface area contributed by atoms with Gasteiger partial charge >= 0.3 is 0 Å². The molecule has 5 aliphatic rings. The van der Waals surface area contributed by atoms with Crippen LogP contribution in [0.3, 0.4) is 0 Å². The highest BCUT2D eigenvalue weighted by molar-refractivity contribution is 6.23. The van der Waals surface area contributed by atoms with Crippen LogP contribution >= 0.6 is 23.2 Å². The van der Waals surface area contributed by atoms with Crippen molar-refractivity contribution in [2.24, 2.45) is 23.7 Å². The lowest BCUT2D eigenvalue weighted by atomic mass is 9.61. The first kappa shape index (κ1) is 24.4. The number of methoxy groups -OCH3 is 2. The minimum absolute atomic E-state index is 0.0117. The second kappa shape index (κ2) is 8.99. The van der Waals surface area contributed by atoms with Crippen molar-refractivity contribution in [1.29, 1.82) is 0 Å². The van der Waals surface area contributed by atoms with E-state index in [9.17, 15) is 9.59 Å². The Morgan fingerprint density at radius 2 is 1.64 bits per heavy atom. The maximum atomic E-state index is 14.4. The number of carbonyl (C=O) groups excluding carboxylic acids is 2. The number of halogens is 2. The molecule has 2 aliphatic heterocycles. The topological polar surface area (TPSA) is 77.1 Å². The van der Waals surface area contributed by atoms with Crippen LogP contribution in [0.15, 0.2) is 0 Å². The second-order valence-electron chi connectivity index (χ2n) is 10.8. The average molecular weight is 503 g/mol. The highest BCUT2D eigenvalue weighted by atomic mass is 35.5. The zero-order valence-corrected chi connectivity index (χ0v) is 21.3. The van der Waals surface area contributed by atoms with Crippen molar-refractivity contribution in [2.75, 3.05) is 21.3 Å². The van der Waals surface area contributed by atoms with Crippen LogP contribution in [0.4, 0.5) is 0 Å². The van der Waals surface area contributed by atoms with E-state index in [0.717, 1.165) is 25.7 Å². The molecule has 0 aromatic rings. The van der Waals surface area contributed by atoms with E-state index in [1.807, 2.05) is 14.0 Å². The lowest BCUT2D eigenvalue weighted by molar-refractivity contribution is -0.170. The van der Waals surface area contributed by atoms with Crippen molar-refractivity contribution < 1.29 is 23.8 Å². The van der Waals surface area contributed by atoms with Crippen LogP contribution < -0.4 is 5.43 Å². The van der Waals surface area contributed by atoms with E-state index in [1.165, 1.54) is 0 Å². The van der Waals surface area contributed by atoms with Gasteiger partial charge in [0.2, 0.25) is 0 Å². The Kier molecular flexibility index (Phi) is 6.65. The summed E-state index contributed by atoms with van der Waals surface area (Å²) in [6.07, 6.45) is 3.87. The molecule has 10 atom stereocenters. The van der Waals surface area contributed by atoms with Crippen LogP contribution in [-0.2, 0) is 23.8 Å². The van der Waals surface area contributed by atoms with E-state index >= 15 is 0 Å². The van der Waals surface area contributed by atoms with Crippen LogP contribution in [0.2, 0.25) is 0 Å². The van der Waals surface area contributed by atoms with Crippen molar-refractivity contribution in [3.63, 3.8) is 0 Å². The SMILES string of the molecule is COC1CC(OC)C2C(=O)[C@@]3(OC2C1Cl)C(=O)C1C(C[C@H]3C)NN(C)C1C1CCC(Cl)CC1. The predicted octanol–water partition coefficient (Wildman–Crippen LogP) is 2.56. The molecular weight excluding hydrogens is 467 g/mol. The molecule has 7 nitrogen and oxygen atoms in total. The van der Waals surface area contributed by atoms with Crippen LogP contribution in [0.1, 0.15) is 45.4 Å². The Balaban J connectivity index is 1.48. The molecule has 3 saturated carbocycles. The molecule has 186 valence electrons. The normalized spacial score (nSPS) is 52.8. The van der Waals surface area contributed by atoms with Gasteiger partial charge < -0.3 is 14.2 Å². The van der Waals surface area contributed by atoms with Crippen molar-refractivity contribution in [1.82, 2.24) is 10.4 Å². The summed E-state index contributed by atoms with van der Waals surface area (Å²) in [6.45, 7) is 1.97. The molecule has 5 rings (SSSR count). The third-order valence-electron chi connectivity index (χ3n) is 9.26. The monoisotopic (exact) mass is 502 g/mol. The summed E-state index contributed by atoms with van der Waals surface area (Å²) in [6, 6.07) is 0.0458. The van der Waals surface area contributed by atoms with Gasteiger partial charge in [-0.1, -0.05) is 6.92 Å². The summed E-state index contributed by atoms with van der Waals surface area (Å²) < 4.78 is 17.8. The number of rotatable bonds is 3. The smallest absolute Gasteiger partial charge is 0.188 e. The average Bonchev–Trinajstić information content (AvgIpc) is 3.29. The maximum absolute atomic E-state index is 14.4. The van der Waals surface area contributed by atoms with Crippen LogP contribution in [0.25, 0.3) is 0 Å². The summed E-state index contributed by atoms with van der Waals surface area (Å²) in [5.41, 5.74) is 2.09. The Labute approximate surface area is 206 Å². The number of alkyl halides is 2. The van der Waals surface area contributed by atoms with Gasteiger partial charge in [-0.25, -0.2) is 5.01 Å².